The van der Waals surface area contributed by atoms with Crippen molar-refractivity contribution >= 4 is 28.9 Å². The van der Waals surface area contributed by atoms with Crippen LogP contribution in [0.25, 0.3) is 0 Å². The molecule has 0 aromatic heterocycles. The molecule has 0 radical (unpaired) electrons. The van der Waals surface area contributed by atoms with Gasteiger partial charge in [-0.25, -0.2) is 0 Å². The van der Waals surface area contributed by atoms with E-state index in [0.29, 0.717) is 12.1 Å². The van der Waals surface area contributed by atoms with Gasteiger partial charge < -0.3 is 10.2 Å². The molecule has 4 heteroatoms. The highest BCUT2D eigenvalue weighted by atomic mass is 35.5. The molecule has 2 unspecified atom stereocenters. The van der Waals surface area contributed by atoms with Crippen molar-refractivity contribution in [1.82, 2.24) is 5.32 Å². The van der Waals surface area contributed by atoms with Crippen LogP contribution in [-0.4, -0.2) is 25.7 Å². The van der Waals surface area contributed by atoms with Crippen molar-refractivity contribution in [2.24, 2.45) is 0 Å². The predicted octanol–water partition coefficient (Wildman–Crippen LogP) is 3.88. The van der Waals surface area contributed by atoms with Crippen LogP contribution < -0.4 is 10.2 Å². The number of anilines is 1. The van der Waals surface area contributed by atoms with Crippen LogP contribution in [0.1, 0.15) is 25.3 Å². The lowest BCUT2D eigenvalue weighted by atomic mass is 9.97. The van der Waals surface area contributed by atoms with E-state index in [0.717, 1.165) is 40.7 Å². The third kappa shape index (κ3) is 2.76. The van der Waals surface area contributed by atoms with Crippen LogP contribution in [0, 0.1) is 6.92 Å². The summed E-state index contributed by atoms with van der Waals surface area (Å²) in [6.07, 6.45) is 2.28. The molecule has 0 spiro atoms. The van der Waals surface area contributed by atoms with Crippen molar-refractivity contribution in [3.8, 4) is 0 Å². The Labute approximate surface area is 119 Å². The van der Waals surface area contributed by atoms with Crippen molar-refractivity contribution in [1.29, 1.82) is 0 Å². The molecule has 1 aromatic carbocycles. The molecule has 18 heavy (non-hydrogen) atoms. The van der Waals surface area contributed by atoms with Crippen molar-refractivity contribution in [2.45, 2.75) is 38.8 Å². The average molecular weight is 287 g/mol. The van der Waals surface area contributed by atoms with Crippen LogP contribution in [0.2, 0.25) is 10.0 Å². The maximum absolute atomic E-state index is 6.35. The molecule has 2 nitrogen and oxygen atoms in total. The van der Waals surface area contributed by atoms with Gasteiger partial charge in [0.15, 0.2) is 0 Å². The first-order valence-electron chi connectivity index (χ1n) is 6.42. The second-order valence-electron chi connectivity index (χ2n) is 5.11. The van der Waals surface area contributed by atoms with Gasteiger partial charge in [0.05, 0.1) is 10.7 Å². The molecule has 1 aliphatic rings. The number of nitrogens with zero attached hydrogens (tertiary/aromatic N) is 1. The molecule has 1 saturated heterocycles. The molecule has 1 heterocycles. The van der Waals surface area contributed by atoms with E-state index in [9.17, 15) is 0 Å². The van der Waals surface area contributed by atoms with Crippen molar-refractivity contribution < 1.29 is 0 Å². The quantitative estimate of drug-likeness (QED) is 0.888. The van der Waals surface area contributed by atoms with Crippen LogP contribution in [0.4, 0.5) is 5.69 Å². The Morgan fingerprint density at radius 2 is 2.00 bits per heavy atom. The third-order valence-corrected chi connectivity index (χ3v) is 4.53. The number of piperidine rings is 1. The van der Waals surface area contributed by atoms with Crippen molar-refractivity contribution in [3.63, 3.8) is 0 Å². The molecule has 0 amide bonds. The molecule has 0 saturated carbocycles. The lowest BCUT2D eigenvalue weighted by Gasteiger charge is -2.39. The Bertz CT molecular complexity index is 434. The van der Waals surface area contributed by atoms with Gasteiger partial charge in [0.2, 0.25) is 0 Å². The normalized spacial score (nSPS) is 24.4. The first kappa shape index (κ1) is 14.0. The van der Waals surface area contributed by atoms with Gasteiger partial charge in [-0.2, -0.15) is 0 Å². The van der Waals surface area contributed by atoms with Crippen LogP contribution in [0.3, 0.4) is 0 Å². The second-order valence-corrected chi connectivity index (χ2v) is 5.92. The number of halogens is 2. The molecule has 100 valence electrons. The molecular weight excluding hydrogens is 267 g/mol. The summed E-state index contributed by atoms with van der Waals surface area (Å²) in [6, 6.07) is 5.04. The Morgan fingerprint density at radius 3 is 2.61 bits per heavy atom. The topological polar surface area (TPSA) is 15.3 Å². The summed E-state index contributed by atoms with van der Waals surface area (Å²) in [5.41, 5.74) is 2.09. The van der Waals surface area contributed by atoms with Crippen LogP contribution in [0.15, 0.2) is 12.1 Å². The van der Waals surface area contributed by atoms with Crippen LogP contribution in [-0.2, 0) is 0 Å². The van der Waals surface area contributed by atoms with Crippen LogP contribution >= 0.6 is 23.2 Å². The summed E-state index contributed by atoms with van der Waals surface area (Å²) < 4.78 is 0. The van der Waals surface area contributed by atoms with E-state index < -0.39 is 0 Å². The Balaban J connectivity index is 2.24. The highest BCUT2D eigenvalue weighted by Gasteiger charge is 2.26. The van der Waals surface area contributed by atoms with Gasteiger partial charge >= 0.3 is 0 Å². The number of hydrogen-bond donors (Lipinski definition) is 1. The lowest BCUT2D eigenvalue weighted by Crippen LogP contribution is -2.46. The van der Waals surface area contributed by atoms with Crippen LogP contribution in [0.5, 0.6) is 0 Å². The van der Waals surface area contributed by atoms with E-state index in [4.69, 9.17) is 23.2 Å². The Kier molecular flexibility index (Phi) is 4.41. The summed E-state index contributed by atoms with van der Waals surface area (Å²) in [6.45, 7) is 5.24. The van der Waals surface area contributed by atoms with E-state index in [1.807, 2.05) is 26.1 Å². The Morgan fingerprint density at radius 1 is 1.28 bits per heavy atom. The molecule has 2 rings (SSSR count). The van der Waals surface area contributed by atoms with Gasteiger partial charge in [-0.1, -0.05) is 23.2 Å². The SMILES string of the molecule is CNC1CCN(c2cc(Cl)c(C)cc2Cl)C(C)C1. The van der Waals surface area contributed by atoms with Gasteiger partial charge in [0, 0.05) is 23.7 Å². The van der Waals surface area contributed by atoms with Gasteiger partial charge in [-0.3, -0.25) is 0 Å². The maximum atomic E-state index is 6.35. The highest BCUT2D eigenvalue weighted by Crippen LogP contribution is 2.35. The van der Waals surface area contributed by atoms with E-state index in [1.165, 1.54) is 0 Å². The fourth-order valence-corrected chi connectivity index (χ4v) is 3.13. The fourth-order valence-electron chi connectivity index (χ4n) is 2.65. The van der Waals surface area contributed by atoms with E-state index in [-0.39, 0.29) is 0 Å². The number of hydrogen-bond acceptors (Lipinski definition) is 2. The first-order chi connectivity index (χ1) is 8.52. The molecule has 1 fully saturated rings. The minimum absolute atomic E-state index is 0.479. The summed E-state index contributed by atoms with van der Waals surface area (Å²) in [5.74, 6) is 0. The zero-order valence-electron chi connectivity index (χ0n) is 11.1. The fraction of sp³-hybridized carbons (Fsp3) is 0.571. The Hall–Kier alpha value is -0.440. The maximum Gasteiger partial charge on any atom is 0.0643 e. The number of nitrogens with one attached hydrogen (secondary N) is 1. The number of rotatable bonds is 2. The molecule has 0 bridgehead atoms. The first-order valence-corrected chi connectivity index (χ1v) is 7.18. The van der Waals surface area contributed by atoms with E-state index in [1.54, 1.807) is 0 Å². The van der Waals surface area contributed by atoms with E-state index >= 15 is 0 Å². The average Bonchev–Trinajstić information content (AvgIpc) is 2.34. The van der Waals surface area contributed by atoms with Crippen molar-refractivity contribution in [3.05, 3.63) is 27.7 Å². The molecule has 1 aliphatic heterocycles. The second kappa shape index (κ2) is 5.68. The molecule has 1 N–H and O–H groups in total. The number of benzene rings is 1. The summed E-state index contributed by atoms with van der Waals surface area (Å²) in [4.78, 5) is 2.36. The van der Waals surface area contributed by atoms with Gasteiger partial charge in [-0.15, -0.1) is 0 Å². The molecule has 1 aromatic rings. The standard InChI is InChI=1S/C14H20Cl2N2/c1-9-6-13(16)14(8-12(9)15)18-5-4-11(17-3)7-10(18)2/h6,8,10-11,17H,4-5,7H2,1-3H3. The van der Waals surface area contributed by atoms with Gasteiger partial charge in [0.1, 0.15) is 0 Å². The molecule has 0 aliphatic carbocycles. The van der Waals surface area contributed by atoms with Crippen molar-refractivity contribution in [2.75, 3.05) is 18.5 Å². The van der Waals surface area contributed by atoms with Gasteiger partial charge in [-0.05, 0) is 51.4 Å². The zero-order chi connectivity index (χ0) is 13.3. The summed E-state index contributed by atoms with van der Waals surface area (Å²) in [7, 11) is 2.03. The number of aryl methyl sites for hydroxylation is 1. The third-order valence-electron chi connectivity index (χ3n) is 3.82. The van der Waals surface area contributed by atoms with E-state index in [2.05, 4.69) is 17.1 Å². The zero-order valence-corrected chi connectivity index (χ0v) is 12.6. The summed E-state index contributed by atoms with van der Waals surface area (Å²) >= 11 is 12.6. The highest BCUT2D eigenvalue weighted by molar-refractivity contribution is 6.35. The predicted molar refractivity (Wildman–Crippen MR) is 80.1 cm³/mol. The minimum Gasteiger partial charge on any atom is -0.367 e. The largest absolute Gasteiger partial charge is 0.367 e. The lowest BCUT2D eigenvalue weighted by molar-refractivity contribution is 0.387. The summed E-state index contributed by atoms with van der Waals surface area (Å²) in [5, 5.41) is 4.94. The van der Waals surface area contributed by atoms with Gasteiger partial charge in [0.25, 0.3) is 0 Å². The minimum atomic E-state index is 0.479. The molecular formula is C14H20Cl2N2. The smallest absolute Gasteiger partial charge is 0.0643 e. The molecule has 2 atom stereocenters. The monoisotopic (exact) mass is 286 g/mol.